The molecule has 0 saturated heterocycles. The van der Waals surface area contributed by atoms with Gasteiger partial charge in [0.2, 0.25) is 0 Å². The Morgan fingerprint density at radius 1 is 0.316 bits per heavy atom. The molecule has 57 heavy (non-hydrogen) atoms. The number of nitrogens with zero attached hydrogens (tertiary/aromatic N) is 2. The highest BCUT2D eigenvalue weighted by molar-refractivity contribution is 6.06. The summed E-state index contributed by atoms with van der Waals surface area (Å²) in [4.78, 5) is 10.6. The fourth-order valence-electron chi connectivity index (χ4n) is 9.10. The van der Waals surface area contributed by atoms with Crippen molar-refractivity contribution in [2.45, 2.75) is 19.3 Å². The summed E-state index contributed by atoms with van der Waals surface area (Å²) in [5.41, 5.74) is 15.1. The standard InChI is InChI=1S/C55H38N2/c1-55(2)50-33-41(27-28-46(50)49-31-39-16-6-7-17-40(39)32-51(49)55)43-29-30-47(45-21-11-10-20-44(43)45)53-34-52(38-25-23-36(24-26-38)35-13-4-3-5-14-35)56-54(57-53)48-22-12-18-37-15-8-9-19-42(37)48/h3-34H,1-2H3. The molecule has 2 heteroatoms. The Balaban J connectivity index is 1.06. The van der Waals surface area contributed by atoms with Crippen molar-refractivity contribution in [3.8, 4) is 67.3 Å². The molecule has 1 aliphatic rings. The molecule has 0 unspecified atom stereocenters. The third kappa shape index (κ3) is 5.48. The lowest BCUT2D eigenvalue weighted by atomic mass is 9.81. The van der Waals surface area contributed by atoms with E-state index in [9.17, 15) is 0 Å². The lowest BCUT2D eigenvalue weighted by molar-refractivity contribution is 0.661. The predicted molar refractivity (Wildman–Crippen MR) is 239 cm³/mol. The number of hydrogen-bond acceptors (Lipinski definition) is 2. The summed E-state index contributed by atoms with van der Waals surface area (Å²) in [5.74, 6) is 0.715. The van der Waals surface area contributed by atoms with E-state index in [1.54, 1.807) is 0 Å². The molecule has 0 spiro atoms. The summed E-state index contributed by atoms with van der Waals surface area (Å²) >= 11 is 0. The fraction of sp³-hybridized carbons (Fsp3) is 0.0545. The Hall–Kier alpha value is -7.16. The molecule has 1 heterocycles. The van der Waals surface area contributed by atoms with Crippen LogP contribution < -0.4 is 0 Å². The molecule has 0 aliphatic heterocycles. The van der Waals surface area contributed by atoms with Crippen molar-refractivity contribution in [2.75, 3.05) is 0 Å². The van der Waals surface area contributed by atoms with Gasteiger partial charge in [0.1, 0.15) is 0 Å². The van der Waals surface area contributed by atoms with Crippen LogP contribution in [-0.4, -0.2) is 9.97 Å². The smallest absolute Gasteiger partial charge is 0.161 e. The van der Waals surface area contributed by atoms with Crippen molar-refractivity contribution in [1.29, 1.82) is 0 Å². The van der Waals surface area contributed by atoms with Crippen LogP contribution in [0, 0.1) is 0 Å². The molecule has 1 aliphatic carbocycles. The van der Waals surface area contributed by atoms with Gasteiger partial charge in [-0.2, -0.15) is 0 Å². The van der Waals surface area contributed by atoms with E-state index in [1.807, 2.05) is 0 Å². The fourth-order valence-corrected chi connectivity index (χ4v) is 9.10. The molecule has 0 atom stereocenters. The first kappa shape index (κ1) is 33.2. The lowest BCUT2D eigenvalue weighted by Gasteiger charge is -2.22. The number of aromatic nitrogens is 2. The molecular formula is C55H38N2. The third-order valence-electron chi connectivity index (χ3n) is 12.1. The Morgan fingerprint density at radius 3 is 1.65 bits per heavy atom. The first-order chi connectivity index (χ1) is 28.0. The van der Waals surface area contributed by atoms with E-state index in [1.165, 1.54) is 66.1 Å². The van der Waals surface area contributed by atoms with Crippen LogP contribution in [0.1, 0.15) is 25.0 Å². The minimum absolute atomic E-state index is 0.116. The largest absolute Gasteiger partial charge is 0.228 e. The van der Waals surface area contributed by atoms with Crippen molar-refractivity contribution in [3.63, 3.8) is 0 Å². The minimum atomic E-state index is -0.116. The molecule has 11 rings (SSSR count). The maximum Gasteiger partial charge on any atom is 0.161 e. The van der Waals surface area contributed by atoms with Gasteiger partial charge in [-0.15, -0.1) is 0 Å². The molecule has 9 aromatic carbocycles. The summed E-state index contributed by atoms with van der Waals surface area (Å²) in [6.07, 6.45) is 0. The van der Waals surface area contributed by atoms with Crippen molar-refractivity contribution in [3.05, 3.63) is 205 Å². The third-order valence-corrected chi connectivity index (χ3v) is 12.1. The van der Waals surface area contributed by atoms with Gasteiger partial charge >= 0.3 is 0 Å². The molecule has 268 valence electrons. The van der Waals surface area contributed by atoms with Crippen LogP contribution in [0.15, 0.2) is 194 Å². The zero-order valence-electron chi connectivity index (χ0n) is 31.9. The van der Waals surface area contributed by atoms with E-state index in [0.29, 0.717) is 5.82 Å². The second-order valence-corrected chi connectivity index (χ2v) is 15.8. The molecule has 2 nitrogen and oxygen atoms in total. The number of hydrogen-bond donors (Lipinski definition) is 0. The first-order valence-electron chi connectivity index (χ1n) is 19.7. The van der Waals surface area contributed by atoms with Gasteiger partial charge < -0.3 is 0 Å². The van der Waals surface area contributed by atoms with Gasteiger partial charge in [-0.05, 0) is 101 Å². The number of fused-ring (bicyclic) bond motifs is 6. The summed E-state index contributed by atoms with van der Waals surface area (Å²) in [6, 6.07) is 70.2. The Morgan fingerprint density at radius 2 is 0.860 bits per heavy atom. The quantitative estimate of drug-likeness (QED) is 0.176. The van der Waals surface area contributed by atoms with Crippen LogP contribution in [0.2, 0.25) is 0 Å². The Labute approximate surface area is 332 Å². The second kappa shape index (κ2) is 13.0. The highest BCUT2D eigenvalue weighted by Crippen LogP contribution is 2.51. The zero-order chi connectivity index (χ0) is 38.1. The van der Waals surface area contributed by atoms with E-state index in [4.69, 9.17) is 9.97 Å². The van der Waals surface area contributed by atoms with Gasteiger partial charge in [-0.25, -0.2) is 9.97 Å². The molecule has 0 amide bonds. The SMILES string of the molecule is CC1(C)c2cc(-c3ccc(-c4cc(-c5ccc(-c6ccccc6)cc5)nc(-c5cccc6ccccc56)n4)c4ccccc34)ccc2-c2cc3ccccc3cc21. The molecule has 0 N–H and O–H groups in total. The van der Waals surface area contributed by atoms with Crippen molar-refractivity contribution < 1.29 is 0 Å². The van der Waals surface area contributed by atoms with Crippen LogP contribution in [-0.2, 0) is 5.41 Å². The maximum atomic E-state index is 5.37. The average Bonchev–Trinajstić information content (AvgIpc) is 3.49. The van der Waals surface area contributed by atoms with Gasteiger partial charge in [-0.3, -0.25) is 0 Å². The summed E-state index contributed by atoms with van der Waals surface area (Å²) < 4.78 is 0. The van der Waals surface area contributed by atoms with Crippen LogP contribution in [0.3, 0.4) is 0 Å². The first-order valence-corrected chi connectivity index (χ1v) is 19.7. The van der Waals surface area contributed by atoms with Gasteiger partial charge in [0.05, 0.1) is 11.4 Å². The molecule has 1 aromatic heterocycles. The number of benzene rings is 9. The van der Waals surface area contributed by atoms with Crippen molar-refractivity contribution in [2.24, 2.45) is 0 Å². The van der Waals surface area contributed by atoms with E-state index >= 15 is 0 Å². The monoisotopic (exact) mass is 726 g/mol. The summed E-state index contributed by atoms with van der Waals surface area (Å²) in [6.45, 7) is 4.74. The molecule has 10 aromatic rings. The van der Waals surface area contributed by atoms with Crippen molar-refractivity contribution in [1.82, 2.24) is 9.97 Å². The summed E-state index contributed by atoms with van der Waals surface area (Å²) in [7, 11) is 0. The average molecular weight is 727 g/mol. The highest BCUT2D eigenvalue weighted by Gasteiger charge is 2.36. The lowest BCUT2D eigenvalue weighted by Crippen LogP contribution is -2.15. The molecule has 0 fully saturated rings. The van der Waals surface area contributed by atoms with Crippen LogP contribution in [0.25, 0.3) is 99.6 Å². The minimum Gasteiger partial charge on any atom is -0.228 e. The van der Waals surface area contributed by atoms with Gasteiger partial charge in [0, 0.05) is 22.1 Å². The van der Waals surface area contributed by atoms with Gasteiger partial charge in [0.15, 0.2) is 5.82 Å². The summed E-state index contributed by atoms with van der Waals surface area (Å²) in [5, 5.41) is 7.25. The van der Waals surface area contributed by atoms with E-state index in [0.717, 1.165) is 38.9 Å². The predicted octanol–water partition coefficient (Wildman–Crippen LogP) is 14.6. The normalized spacial score (nSPS) is 12.9. The number of rotatable bonds is 5. The van der Waals surface area contributed by atoms with Crippen LogP contribution in [0.4, 0.5) is 0 Å². The Kier molecular flexibility index (Phi) is 7.55. The van der Waals surface area contributed by atoms with E-state index in [2.05, 4.69) is 208 Å². The molecule has 0 bridgehead atoms. The van der Waals surface area contributed by atoms with E-state index in [-0.39, 0.29) is 5.41 Å². The molecular weight excluding hydrogens is 689 g/mol. The van der Waals surface area contributed by atoms with Crippen LogP contribution >= 0.6 is 0 Å². The molecule has 0 radical (unpaired) electrons. The second-order valence-electron chi connectivity index (χ2n) is 15.8. The van der Waals surface area contributed by atoms with Crippen molar-refractivity contribution >= 4 is 32.3 Å². The van der Waals surface area contributed by atoms with Gasteiger partial charge in [-0.1, -0.05) is 184 Å². The highest BCUT2D eigenvalue weighted by atomic mass is 14.9. The molecule has 0 saturated carbocycles. The topological polar surface area (TPSA) is 25.8 Å². The zero-order valence-corrected chi connectivity index (χ0v) is 31.9. The van der Waals surface area contributed by atoms with Gasteiger partial charge in [0.25, 0.3) is 0 Å². The van der Waals surface area contributed by atoms with Crippen LogP contribution in [0.5, 0.6) is 0 Å². The van der Waals surface area contributed by atoms with E-state index < -0.39 is 0 Å². The maximum absolute atomic E-state index is 5.37. The Bertz CT molecular complexity index is 3190.